The van der Waals surface area contributed by atoms with Gasteiger partial charge in [-0.15, -0.1) is 0 Å². The van der Waals surface area contributed by atoms with Gasteiger partial charge in [0.2, 0.25) is 0 Å². The molecule has 0 saturated carbocycles. The Kier molecular flexibility index (Phi) is 4.88. The van der Waals surface area contributed by atoms with E-state index in [1.54, 1.807) is 12.1 Å². The van der Waals surface area contributed by atoms with Crippen molar-refractivity contribution in [3.8, 4) is 11.8 Å². The van der Waals surface area contributed by atoms with Gasteiger partial charge in [-0.3, -0.25) is 4.79 Å². The second-order valence-corrected chi connectivity index (χ2v) is 4.37. The van der Waals surface area contributed by atoms with E-state index in [0.717, 1.165) is 0 Å². The van der Waals surface area contributed by atoms with Crippen LogP contribution < -0.4 is 11.1 Å². The van der Waals surface area contributed by atoms with Gasteiger partial charge in [-0.2, -0.15) is 0 Å². The normalized spacial score (nSPS) is 9.67. The average molecular weight is 304 g/mol. The molecule has 21 heavy (non-hydrogen) atoms. The molecule has 0 atom stereocenters. The molecular formula is C15H11ClFN3O. The van der Waals surface area contributed by atoms with Crippen molar-refractivity contribution >= 4 is 23.3 Å². The molecule has 0 spiro atoms. The number of pyridine rings is 1. The van der Waals surface area contributed by atoms with E-state index in [9.17, 15) is 9.18 Å². The maximum atomic E-state index is 13.3. The van der Waals surface area contributed by atoms with Gasteiger partial charge < -0.3 is 11.1 Å². The van der Waals surface area contributed by atoms with Crippen LogP contribution in [0.1, 0.15) is 15.9 Å². The molecule has 1 aromatic carbocycles. The van der Waals surface area contributed by atoms with Gasteiger partial charge in [-0.05, 0) is 24.3 Å². The number of halogens is 2. The number of hydrogen-bond donors (Lipinski definition) is 2. The van der Waals surface area contributed by atoms with Gasteiger partial charge in [0.05, 0.1) is 17.1 Å². The van der Waals surface area contributed by atoms with Crippen molar-refractivity contribution in [1.29, 1.82) is 0 Å². The number of carbonyl (C=O) groups is 1. The fourth-order valence-corrected chi connectivity index (χ4v) is 1.80. The van der Waals surface area contributed by atoms with Gasteiger partial charge in [0.1, 0.15) is 11.6 Å². The number of nitrogens with zero attached hydrogens (tertiary/aromatic N) is 1. The number of amides is 1. The molecule has 0 aliphatic heterocycles. The quantitative estimate of drug-likeness (QED) is 0.837. The van der Waals surface area contributed by atoms with E-state index in [4.69, 9.17) is 17.3 Å². The second-order valence-electron chi connectivity index (χ2n) is 3.99. The number of hydrogen-bond acceptors (Lipinski definition) is 3. The Bertz CT molecular complexity index is 737. The Labute approximate surface area is 126 Å². The van der Waals surface area contributed by atoms with Gasteiger partial charge in [-0.1, -0.05) is 29.5 Å². The number of anilines is 1. The van der Waals surface area contributed by atoms with Crippen LogP contribution in [0.2, 0.25) is 5.02 Å². The van der Waals surface area contributed by atoms with Crippen LogP contribution >= 0.6 is 11.6 Å². The summed E-state index contributed by atoms with van der Waals surface area (Å²) in [6, 6.07) is 7.30. The SMILES string of the molecule is NCC#Cc1ccnc(NC(=O)c2cccc(F)c2Cl)c1. The first-order chi connectivity index (χ1) is 10.1. The van der Waals surface area contributed by atoms with Crippen LogP contribution in [0.15, 0.2) is 36.5 Å². The van der Waals surface area contributed by atoms with Crippen molar-refractivity contribution in [2.75, 3.05) is 11.9 Å². The Balaban J connectivity index is 2.22. The number of carbonyl (C=O) groups excluding carboxylic acids is 1. The molecule has 0 saturated heterocycles. The molecule has 0 fully saturated rings. The first-order valence-corrected chi connectivity index (χ1v) is 6.40. The van der Waals surface area contributed by atoms with Crippen molar-refractivity contribution in [1.82, 2.24) is 4.98 Å². The summed E-state index contributed by atoms with van der Waals surface area (Å²) in [5.41, 5.74) is 5.99. The first-order valence-electron chi connectivity index (χ1n) is 6.02. The van der Waals surface area contributed by atoms with E-state index in [1.165, 1.54) is 24.4 Å². The maximum Gasteiger partial charge on any atom is 0.258 e. The number of nitrogens with two attached hydrogens (primary N) is 1. The Morgan fingerprint density at radius 2 is 2.24 bits per heavy atom. The molecule has 1 aromatic heterocycles. The number of aromatic nitrogens is 1. The fraction of sp³-hybridized carbons (Fsp3) is 0.0667. The molecule has 3 N–H and O–H groups in total. The summed E-state index contributed by atoms with van der Waals surface area (Å²) in [5, 5.41) is 2.32. The Morgan fingerprint density at radius 1 is 1.43 bits per heavy atom. The average Bonchev–Trinajstić information content (AvgIpc) is 2.48. The summed E-state index contributed by atoms with van der Waals surface area (Å²) in [5.74, 6) is 4.62. The van der Waals surface area contributed by atoms with Crippen LogP contribution in [0.3, 0.4) is 0 Å². The van der Waals surface area contributed by atoms with Gasteiger partial charge in [0, 0.05) is 11.8 Å². The largest absolute Gasteiger partial charge is 0.320 e. The lowest BCUT2D eigenvalue weighted by atomic mass is 10.2. The predicted octanol–water partition coefficient (Wildman–Crippen LogP) is 2.44. The van der Waals surface area contributed by atoms with Crippen LogP contribution in [-0.4, -0.2) is 17.4 Å². The van der Waals surface area contributed by atoms with E-state index in [1.807, 2.05) is 0 Å². The lowest BCUT2D eigenvalue weighted by Crippen LogP contribution is -2.14. The highest BCUT2D eigenvalue weighted by molar-refractivity contribution is 6.34. The molecule has 1 amide bonds. The van der Waals surface area contributed by atoms with E-state index in [0.29, 0.717) is 11.4 Å². The molecule has 1 heterocycles. The zero-order chi connectivity index (χ0) is 15.2. The number of benzene rings is 1. The van der Waals surface area contributed by atoms with Crippen molar-refractivity contribution in [3.05, 3.63) is 58.5 Å². The minimum atomic E-state index is -0.653. The summed E-state index contributed by atoms with van der Waals surface area (Å²) in [6.07, 6.45) is 1.50. The summed E-state index contributed by atoms with van der Waals surface area (Å²) >= 11 is 5.76. The standard InChI is InChI=1S/C15H11ClFN3O/c16-14-11(4-1-5-12(14)17)15(21)20-13-9-10(3-2-7-18)6-8-19-13/h1,4-6,8-9H,7,18H2,(H,19,20,21). The summed E-state index contributed by atoms with van der Waals surface area (Å²) in [6.45, 7) is 0.239. The van der Waals surface area contributed by atoms with Crippen molar-refractivity contribution < 1.29 is 9.18 Å². The zero-order valence-corrected chi connectivity index (χ0v) is 11.6. The summed E-state index contributed by atoms with van der Waals surface area (Å²) < 4.78 is 13.3. The van der Waals surface area contributed by atoms with Crippen LogP contribution in [0.5, 0.6) is 0 Å². The molecule has 0 aliphatic carbocycles. The highest BCUT2D eigenvalue weighted by Gasteiger charge is 2.14. The van der Waals surface area contributed by atoms with Gasteiger partial charge in [-0.25, -0.2) is 9.37 Å². The molecule has 2 aromatic rings. The van der Waals surface area contributed by atoms with E-state index >= 15 is 0 Å². The monoisotopic (exact) mass is 303 g/mol. The predicted molar refractivity (Wildman–Crippen MR) is 79.5 cm³/mol. The molecule has 0 bridgehead atoms. The fourth-order valence-electron chi connectivity index (χ4n) is 1.59. The minimum absolute atomic E-state index is 0.0388. The van der Waals surface area contributed by atoms with Gasteiger partial charge in [0.25, 0.3) is 5.91 Å². The van der Waals surface area contributed by atoms with Gasteiger partial charge >= 0.3 is 0 Å². The second kappa shape index (κ2) is 6.84. The Hall–Kier alpha value is -2.42. The highest BCUT2D eigenvalue weighted by atomic mass is 35.5. The maximum absolute atomic E-state index is 13.3. The zero-order valence-electron chi connectivity index (χ0n) is 10.9. The molecule has 0 radical (unpaired) electrons. The van der Waals surface area contributed by atoms with Crippen molar-refractivity contribution in [2.45, 2.75) is 0 Å². The third kappa shape index (κ3) is 3.78. The van der Waals surface area contributed by atoms with E-state index < -0.39 is 11.7 Å². The summed E-state index contributed by atoms with van der Waals surface area (Å²) in [4.78, 5) is 16.1. The topological polar surface area (TPSA) is 68.0 Å². The molecule has 6 heteroatoms. The van der Waals surface area contributed by atoms with Crippen LogP contribution in [0.4, 0.5) is 10.2 Å². The van der Waals surface area contributed by atoms with Crippen molar-refractivity contribution in [2.24, 2.45) is 5.73 Å². The molecule has 106 valence electrons. The molecular weight excluding hydrogens is 293 g/mol. The smallest absolute Gasteiger partial charge is 0.258 e. The van der Waals surface area contributed by atoms with Gasteiger partial charge in [0.15, 0.2) is 0 Å². The van der Waals surface area contributed by atoms with E-state index in [-0.39, 0.29) is 17.1 Å². The lowest BCUT2D eigenvalue weighted by molar-refractivity contribution is 0.102. The summed E-state index contributed by atoms with van der Waals surface area (Å²) in [7, 11) is 0. The van der Waals surface area contributed by atoms with Crippen LogP contribution in [0, 0.1) is 17.7 Å². The first kappa shape index (κ1) is 15.0. The molecule has 0 aliphatic rings. The third-order valence-corrected chi connectivity index (χ3v) is 2.92. The molecule has 4 nitrogen and oxygen atoms in total. The molecule has 0 unspecified atom stereocenters. The lowest BCUT2D eigenvalue weighted by Gasteiger charge is -2.06. The number of nitrogens with one attached hydrogen (secondary N) is 1. The van der Waals surface area contributed by atoms with Crippen LogP contribution in [-0.2, 0) is 0 Å². The Morgan fingerprint density at radius 3 is 3.00 bits per heavy atom. The van der Waals surface area contributed by atoms with Crippen molar-refractivity contribution in [3.63, 3.8) is 0 Å². The molecule has 2 rings (SSSR count). The third-order valence-electron chi connectivity index (χ3n) is 2.53. The number of rotatable bonds is 2. The van der Waals surface area contributed by atoms with E-state index in [2.05, 4.69) is 22.1 Å². The minimum Gasteiger partial charge on any atom is -0.320 e. The highest BCUT2D eigenvalue weighted by Crippen LogP contribution is 2.20. The van der Waals surface area contributed by atoms with Crippen LogP contribution in [0.25, 0.3) is 0 Å².